The number of para-hydroxylation sites is 1. The molecule has 8 heteroatoms. The van der Waals surface area contributed by atoms with Crippen LogP contribution in [-0.2, 0) is 14.8 Å². The lowest BCUT2D eigenvalue weighted by atomic mass is 10.2. The van der Waals surface area contributed by atoms with Crippen molar-refractivity contribution >= 4 is 50.7 Å². The molecule has 0 saturated heterocycles. The summed E-state index contributed by atoms with van der Waals surface area (Å²) in [7, 11) is -3.70. The van der Waals surface area contributed by atoms with Crippen LogP contribution in [0.15, 0.2) is 53.4 Å². The van der Waals surface area contributed by atoms with Gasteiger partial charge in [0.05, 0.1) is 17.6 Å². The monoisotopic (exact) mass is 426 g/mol. The number of carbonyl (C=O) groups is 1. The smallest absolute Gasteiger partial charge is 0.248 e. The van der Waals surface area contributed by atoms with Gasteiger partial charge in [-0.1, -0.05) is 43.6 Å². The molecule has 1 unspecified atom stereocenters. The molecule has 2 aromatic carbocycles. The van der Waals surface area contributed by atoms with E-state index in [0.717, 1.165) is 21.2 Å². The zero-order chi connectivity index (χ0) is 20.0. The zero-order valence-electron chi connectivity index (χ0n) is 15.5. The van der Waals surface area contributed by atoms with Gasteiger partial charge in [-0.2, -0.15) is 0 Å². The molecule has 1 atom stereocenters. The fraction of sp³-hybridized carbons (Fsp3) is 0.316. The van der Waals surface area contributed by atoms with Crippen LogP contribution < -0.4 is 9.62 Å². The first-order valence-electron chi connectivity index (χ1n) is 8.55. The summed E-state index contributed by atoms with van der Waals surface area (Å²) in [5.74, 6) is 0.481. The lowest BCUT2D eigenvalue weighted by Crippen LogP contribution is -2.47. The number of halogens is 1. The van der Waals surface area contributed by atoms with Crippen molar-refractivity contribution in [2.45, 2.75) is 31.2 Å². The third kappa shape index (κ3) is 5.64. The Morgan fingerprint density at radius 3 is 2.48 bits per heavy atom. The van der Waals surface area contributed by atoms with Crippen molar-refractivity contribution in [2.75, 3.05) is 21.6 Å². The number of hydrogen-bond donors (Lipinski definition) is 1. The molecule has 2 rings (SSSR count). The SMILES string of the molecule is CCSc1ccccc1NC(=O)C(CC)N(c1cccc(Cl)c1)S(C)(=O)=O. The molecule has 0 aliphatic carbocycles. The van der Waals surface area contributed by atoms with Crippen LogP contribution in [0.5, 0.6) is 0 Å². The predicted molar refractivity (Wildman–Crippen MR) is 114 cm³/mol. The normalized spacial score (nSPS) is 12.4. The van der Waals surface area contributed by atoms with Crippen LogP contribution in [0.2, 0.25) is 5.02 Å². The second-order valence-electron chi connectivity index (χ2n) is 5.88. The van der Waals surface area contributed by atoms with Gasteiger partial charge >= 0.3 is 0 Å². The molecule has 0 fully saturated rings. The molecule has 27 heavy (non-hydrogen) atoms. The molecule has 146 valence electrons. The molecule has 5 nitrogen and oxygen atoms in total. The number of benzene rings is 2. The van der Waals surface area contributed by atoms with E-state index in [1.54, 1.807) is 43.0 Å². The summed E-state index contributed by atoms with van der Waals surface area (Å²) in [5, 5.41) is 3.29. The minimum atomic E-state index is -3.70. The van der Waals surface area contributed by atoms with E-state index in [1.165, 1.54) is 0 Å². The van der Waals surface area contributed by atoms with E-state index in [2.05, 4.69) is 5.32 Å². The molecular formula is C19H23ClN2O3S2. The van der Waals surface area contributed by atoms with Crippen LogP contribution in [-0.4, -0.2) is 32.4 Å². The predicted octanol–water partition coefficient (Wildman–Crippen LogP) is 4.64. The summed E-state index contributed by atoms with van der Waals surface area (Å²) in [6.45, 7) is 3.81. The quantitative estimate of drug-likeness (QED) is 0.624. The fourth-order valence-electron chi connectivity index (χ4n) is 2.74. The van der Waals surface area contributed by atoms with E-state index in [-0.39, 0.29) is 5.91 Å². The van der Waals surface area contributed by atoms with Crippen LogP contribution in [0.3, 0.4) is 0 Å². The van der Waals surface area contributed by atoms with Gasteiger partial charge in [-0.15, -0.1) is 11.8 Å². The Labute approximate surface area is 170 Å². The molecule has 0 aliphatic heterocycles. The highest BCUT2D eigenvalue weighted by Gasteiger charge is 2.31. The van der Waals surface area contributed by atoms with Crippen LogP contribution in [0.1, 0.15) is 20.3 Å². The number of sulfonamides is 1. The standard InChI is InChI=1S/C19H23ClN2O3S2/c1-4-17(19(23)21-16-11-6-7-12-18(16)26-5-2)22(27(3,24)25)15-10-8-9-14(20)13-15/h6-13,17H,4-5H2,1-3H3,(H,21,23). The molecule has 0 heterocycles. The molecule has 0 aromatic heterocycles. The summed E-state index contributed by atoms with van der Waals surface area (Å²) < 4.78 is 26.1. The van der Waals surface area contributed by atoms with Crippen LogP contribution in [0.25, 0.3) is 0 Å². The Morgan fingerprint density at radius 2 is 1.89 bits per heavy atom. The van der Waals surface area contributed by atoms with Crippen LogP contribution in [0.4, 0.5) is 11.4 Å². The van der Waals surface area contributed by atoms with E-state index in [0.29, 0.717) is 22.8 Å². The van der Waals surface area contributed by atoms with Crippen molar-refractivity contribution in [1.82, 2.24) is 0 Å². The molecule has 0 spiro atoms. The maximum atomic E-state index is 13.0. The molecule has 1 N–H and O–H groups in total. The third-order valence-electron chi connectivity index (χ3n) is 3.84. The average Bonchev–Trinajstić information content (AvgIpc) is 2.60. The molecular weight excluding hydrogens is 404 g/mol. The van der Waals surface area contributed by atoms with Crippen molar-refractivity contribution in [3.63, 3.8) is 0 Å². The minimum Gasteiger partial charge on any atom is -0.323 e. The lowest BCUT2D eigenvalue weighted by molar-refractivity contribution is -0.117. The molecule has 0 saturated carbocycles. The lowest BCUT2D eigenvalue weighted by Gasteiger charge is -2.30. The third-order valence-corrected chi connectivity index (χ3v) is 6.21. The largest absolute Gasteiger partial charge is 0.323 e. The zero-order valence-corrected chi connectivity index (χ0v) is 17.9. The Kier molecular flexibility index (Phi) is 7.59. The summed E-state index contributed by atoms with van der Waals surface area (Å²) in [6, 6.07) is 13.1. The van der Waals surface area contributed by atoms with E-state index in [4.69, 9.17) is 11.6 Å². The van der Waals surface area contributed by atoms with Gasteiger partial charge in [0.25, 0.3) is 0 Å². The number of hydrogen-bond acceptors (Lipinski definition) is 4. The fourth-order valence-corrected chi connectivity index (χ4v) is 4.89. The van der Waals surface area contributed by atoms with Gasteiger partial charge in [0, 0.05) is 9.92 Å². The molecule has 0 radical (unpaired) electrons. The number of nitrogens with one attached hydrogen (secondary N) is 1. The summed E-state index contributed by atoms with van der Waals surface area (Å²) >= 11 is 7.64. The Hall–Kier alpha value is -1.70. The van der Waals surface area contributed by atoms with E-state index >= 15 is 0 Å². The highest BCUT2D eigenvalue weighted by atomic mass is 35.5. The van der Waals surface area contributed by atoms with Crippen LogP contribution >= 0.6 is 23.4 Å². The molecule has 2 aromatic rings. The first-order chi connectivity index (χ1) is 12.8. The van der Waals surface area contributed by atoms with Gasteiger partial charge < -0.3 is 5.32 Å². The number of carbonyl (C=O) groups excluding carboxylic acids is 1. The molecule has 0 bridgehead atoms. The highest BCUT2D eigenvalue weighted by molar-refractivity contribution is 7.99. The van der Waals surface area contributed by atoms with E-state index in [9.17, 15) is 13.2 Å². The van der Waals surface area contributed by atoms with Gasteiger partial charge in [0.15, 0.2) is 0 Å². The van der Waals surface area contributed by atoms with Crippen molar-refractivity contribution in [2.24, 2.45) is 0 Å². The topological polar surface area (TPSA) is 66.5 Å². The number of anilines is 2. The first-order valence-corrected chi connectivity index (χ1v) is 11.8. The second-order valence-corrected chi connectivity index (χ2v) is 9.48. The van der Waals surface area contributed by atoms with Crippen molar-refractivity contribution in [1.29, 1.82) is 0 Å². The van der Waals surface area contributed by atoms with Gasteiger partial charge in [0.2, 0.25) is 15.9 Å². The van der Waals surface area contributed by atoms with Crippen molar-refractivity contribution in [3.8, 4) is 0 Å². The van der Waals surface area contributed by atoms with Crippen LogP contribution in [0, 0.1) is 0 Å². The first kappa shape index (κ1) is 21.6. The molecule has 0 aliphatic rings. The molecule has 1 amide bonds. The Morgan fingerprint density at radius 1 is 1.19 bits per heavy atom. The van der Waals surface area contributed by atoms with Gasteiger partial charge in [0.1, 0.15) is 6.04 Å². The highest BCUT2D eigenvalue weighted by Crippen LogP contribution is 2.29. The Bertz CT molecular complexity index is 903. The maximum absolute atomic E-state index is 13.0. The van der Waals surface area contributed by atoms with E-state index < -0.39 is 16.1 Å². The number of amides is 1. The van der Waals surface area contributed by atoms with Gasteiger partial charge in [-0.25, -0.2) is 8.42 Å². The number of rotatable bonds is 8. The summed E-state index contributed by atoms with van der Waals surface area (Å²) in [5.41, 5.74) is 1.04. The average molecular weight is 427 g/mol. The number of nitrogens with zero attached hydrogens (tertiary/aromatic N) is 1. The summed E-state index contributed by atoms with van der Waals surface area (Å²) in [4.78, 5) is 13.9. The minimum absolute atomic E-state index is 0.314. The number of thioether (sulfide) groups is 1. The van der Waals surface area contributed by atoms with Crippen molar-refractivity contribution < 1.29 is 13.2 Å². The van der Waals surface area contributed by atoms with Gasteiger partial charge in [-0.3, -0.25) is 9.10 Å². The van der Waals surface area contributed by atoms with Crippen molar-refractivity contribution in [3.05, 3.63) is 53.6 Å². The second kappa shape index (κ2) is 9.48. The van der Waals surface area contributed by atoms with Gasteiger partial charge in [-0.05, 0) is 42.5 Å². The maximum Gasteiger partial charge on any atom is 0.248 e. The summed E-state index contributed by atoms with van der Waals surface area (Å²) in [6.07, 6.45) is 1.40. The Balaban J connectivity index is 2.38. The van der Waals surface area contributed by atoms with E-state index in [1.807, 2.05) is 31.2 Å².